The molecule has 0 saturated heterocycles. The van der Waals surface area contributed by atoms with Crippen molar-refractivity contribution in [1.29, 1.82) is 0 Å². The molecule has 6 heteroatoms. The highest BCUT2D eigenvalue weighted by atomic mass is 79.9. The number of nitro benzene ring substituents is 1. The lowest BCUT2D eigenvalue weighted by atomic mass is 10.0. The van der Waals surface area contributed by atoms with Crippen LogP contribution in [0.1, 0.15) is 18.4 Å². The minimum atomic E-state index is -0.410. The fourth-order valence-electron chi connectivity index (χ4n) is 1.33. The van der Waals surface area contributed by atoms with E-state index in [0.29, 0.717) is 10.0 Å². The smallest absolute Gasteiger partial charge is 0.274 e. The van der Waals surface area contributed by atoms with Crippen molar-refractivity contribution in [2.75, 3.05) is 6.61 Å². The number of nitro groups is 1. The summed E-state index contributed by atoms with van der Waals surface area (Å²) in [6.07, 6.45) is 0. The second kappa shape index (κ2) is 5.20. The Morgan fingerprint density at radius 3 is 2.87 bits per heavy atom. The van der Waals surface area contributed by atoms with Crippen molar-refractivity contribution < 1.29 is 9.76 Å². The molecule has 82 valence electrons. The van der Waals surface area contributed by atoms with Crippen LogP contribution in [-0.2, 0) is 4.84 Å². The van der Waals surface area contributed by atoms with E-state index in [1.54, 1.807) is 12.1 Å². The normalized spacial score (nSPS) is 12.5. The molecule has 1 atom stereocenters. The summed E-state index contributed by atoms with van der Waals surface area (Å²) in [5.74, 6) is 4.84. The van der Waals surface area contributed by atoms with Crippen LogP contribution >= 0.6 is 15.9 Å². The molecule has 0 radical (unpaired) electrons. The topological polar surface area (TPSA) is 78.4 Å². The van der Waals surface area contributed by atoms with Gasteiger partial charge >= 0.3 is 0 Å². The molecule has 0 aliphatic carbocycles. The van der Waals surface area contributed by atoms with Gasteiger partial charge in [-0.3, -0.25) is 10.1 Å². The number of hydrogen-bond donors (Lipinski definition) is 1. The van der Waals surface area contributed by atoms with Gasteiger partial charge in [0, 0.05) is 22.0 Å². The first-order chi connectivity index (χ1) is 7.06. The molecule has 0 bridgehead atoms. The fraction of sp³-hybridized carbons (Fsp3) is 0.333. The van der Waals surface area contributed by atoms with E-state index in [0.717, 1.165) is 0 Å². The van der Waals surface area contributed by atoms with Gasteiger partial charge in [0.25, 0.3) is 5.69 Å². The van der Waals surface area contributed by atoms with E-state index < -0.39 is 4.92 Å². The quantitative estimate of drug-likeness (QED) is 0.675. The minimum absolute atomic E-state index is 0.0777. The largest absolute Gasteiger partial charge is 0.304 e. The number of halogens is 1. The Balaban J connectivity index is 3.10. The minimum Gasteiger partial charge on any atom is -0.304 e. The number of nitrogens with zero attached hydrogens (tertiary/aromatic N) is 1. The van der Waals surface area contributed by atoms with Crippen LogP contribution in [0.25, 0.3) is 0 Å². The third-order valence-corrected chi connectivity index (χ3v) is 2.56. The molecule has 0 saturated carbocycles. The Kier molecular flexibility index (Phi) is 4.19. The zero-order chi connectivity index (χ0) is 11.4. The predicted octanol–water partition coefficient (Wildman–Crippen LogP) is 2.35. The first kappa shape index (κ1) is 12.1. The maximum Gasteiger partial charge on any atom is 0.274 e. The lowest BCUT2D eigenvalue weighted by Crippen LogP contribution is -2.10. The molecule has 0 aromatic heterocycles. The van der Waals surface area contributed by atoms with Crippen LogP contribution in [0.5, 0.6) is 0 Å². The van der Waals surface area contributed by atoms with Crippen LogP contribution in [0.15, 0.2) is 22.7 Å². The Morgan fingerprint density at radius 1 is 1.67 bits per heavy atom. The van der Waals surface area contributed by atoms with Crippen molar-refractivity contribution >= 4 is 21.6 Å². The molecule has 15 heavy (non-hydrogen) atoms. The van der Waals surface area contributed by atoms with Crippen LogP contribution in [0, 0.1) is 10.1 Å². The fourth-order valence-corrected chi connectivity index (χ4v) is 1.67. The van der Waals surface area contributed by atoms with Crippen molar-refractivity contribution in [3.8, 4) is 0 Å². The van der Waals surface area contributed by atoms with Crippen LogP contribution in [0.2, 0.25) is 0 Å². The molecular formula is C9H11BrN2O3. The number of nitrogens with two attached hydrogens (primary N) is 1. The maximum atomic E-state index is 10.8. The molecule has 1 rings (SSSR count). The average molecular weight is 275 g/mol. The maximum absolute atomic E-state index is 10.8. The van der Waals surface area contributed by atoms with E-state index in [4.69, 9.17) is 5.90 Å². The van der Waals surface area contributed by atoms with Crippen molar-refractivity contribution in [3.05, 3.63) is 38.3 Å². The van der Waals surface area contributed by atoms with Crippen molar-refractivity contribution in [3.63, 3.8) is 0 Å². The summed E-state index contributed by atoms with van der Waals surface area (Å²) in [6.45, 7) is 2.07. The van der Waals surface area contributed by atoms with Crippen LogP contribution < -0.4 is 5.90 Å². The van der Waals surface area contributed by atoms with E-state index >= 15 is 0 Å². The van der Waals surface area contributed by atoms with Gasteiger partial charge < -0.3 is 4.84 Å². The molecule has 0 spiro atoms. The summed E-state index contributed by atoms with van der Waals surface area (Å²) in [6, 6.07) is 4.93. The molecule has 1 aromatic rings. The first-order valence-corrected chi connectivity index (χ1v) is 5.11. The molecule has 0 fully saturated rings. The van der Waals surface area contributed by atoms with E-state index in [1.807, 2.05) is 6.92 Å². The monoisotopic (exact) mass is 274 g/mol. The lowest BCUT2D eigenvalue weighted by Gasteiger charge is -2.10. The van der Waals surface area contributed by atoms with Gasteiger partial charge in [-0.1, -0.05) is 28.9 Å². The van der Waals surface area contributed by atoms with Gasteiger partial charge in [-0.05, 0) is 6.07 Å². The second-order valence-corrected chi connectivity index (χ2v) is 4.11. The summed E-state index contributed by atoms with van der Waals surface area (Å²) in [7, 11) is 0. The zero-order valence-electron chi connectivity index (χ0n) is 8.14. The van der Waals surface area contributed by atoms with Crippen LogP contribution in [-0.4, -0.2) is 11.5 Å². The van der Waals surface area contributed by atoms with Crippen LogP contribution in [0.3, 0.4) is 0 Å². The van der Waals surface area contributed by atoms with Crippen molar-refractivity contribution in [1.82, 2.24) is 0 Å². The molecule has 0 amide bonds. The molecule has 0 heterocycles. The Morgan fingerprint density at radius 2 is 2.33 bits per heavy atom. The molecule has 2 N–H and O–H groups in total. The van der Waals surface area contributed by atoms with Gasteiger partial charge in [-0.25, -0.2) is 5.90 Å². The van der Waals surface area contributed by atoms with E-state index in [-0.39, 0.29) is 18.2 Å². The number of benzene rings is 1. The highest BCUT2D eigenvalue weighted by molar-refractivity contribution is 9.10. The Bertz CT molecular complexity index is 370. The number of hydrogen-bond acceptors (Lipinski definition) is 4. The third kappa shape index (κ3) is 2.98. The molecule has 0 aliphatic heterocycles. The van der Waals surface area contributed by atoms with E-state index in [9.17, 15) is 10.1 Å². The zero-order valence-corrected chi connectivity index (χ0v) is 9.73. The lowest BCUT2D eigenvalue weighted by molar-refractivity contribution is -0.385. The molecule has 0 aliphatic rings. The summed E-state index contributed by atoms with van der Waals surface area (Å²) in [5, 5.41) is 10.8. The molecule has 1 unspecified atom stereocenters. The summed E-state index contributed by atoms with van der Waals surface area (Å²) in [4.78, 5) is 14.9. The third-order valence-electron chi connectivity index (χ3n) is 2.07. The molecular weight excluding hydrogens is 264 g/mol. The van der Waals surface area contributed by atoms with Gasteiger partial charge in [-0.2, -0.15) is 0 Å². The summed E-state index contributed by atoms with van der Waals surface area (Å²) >= 11 is 3.19. The second-order valence-electron chi connectivity index (χ2n) is 3.19. The molecule has 5 nitrogen and oxygen atoms in total. The predicted molar refractivity (Wildman–Crippen MR) is 59.4 cm³/mol. The van der Waals surface area contributed by atoms with Crippen molar-refractivity contribution in [2.24, 2.45) is 5.90 Å². The Hall–Kier alpha value is -0.980. The highest BCUT2D eigenvalue weighted by Crippen LogP contribution is 2.29. The average Bonchev–Trinajstić information content (AvgIpc) is 2.17. The molecule has 1 aromatic carbocycles. The Labute approximate surface area is 95.5 Å². The summed E-state index contributed by atoms with van der Waals surface area (Å²) in [5.41, 5.74) is 0.697. The van der Waals surface area contributed by atoms with Gasteiger partial charge in [0.2, 0.25) is 0 Å². The van der Waals surface area contributed by atoms with Gasteiger partial charge in [0.15, 0.2) is 0 Å². The van der Waals surface area contributed by atoms with E-state index in [1.165, 1.54) is 6.07 Å². The first-order valence-electron chi connectivity index (χ1n) is 4.31. The standard InChI is InChI=1S/C9H11BrN2O3/c1-6(5-15-11)8-3-2-7(10)4-9(8)12(13)14/h2-4,6H,5,11H2,1H3. The van der Waals surface area contributed by atoms with Crippen molar-refractivity contribution in [2.45, 2.75) is 12.8 Å². The van der Waals surface area contributed by atoms with E-state index in [2.05, 4.69) is 20.8 Å². The van der Waals surface area contributed by atoms with Gasteiger partial charge in [-0.15, -0.1) is 0 Å². The van der Waals surface area contributed by atoms with Gasteiger partial charge in [0.05, 0.1) is 11.5 Å². The highest BCUT2D eigenvalue weighted by Gasteiger charge is 2.19. The SMILES string of the molecule is CC(CON)c1ccc(Br)cc1[N+](=O)[O-]. The summed E-state index contributed by atoms with van der Waals surface area (Å²) < 4.78 is 0.679. The van der Waals surface area contributed by atoms with Gasteiger partial charge in [0.1, 0.15) is 0 Å². The number of rotatable bonds is 4. The van der Waals surface area contributed by atoms with Crippen LogP contribution in [0.4, 0.5) is 5.69 Å².